The summed E-state index contributed by atoms with van der Waals surface area (Å²) in [6.45, 7) is 1.87. The molecule has 1 atom stereocenters. The molecule has 4 rings (SSSR count). The Balaban J connectivity index is 1.52. The van der Waals surface area contributed by atoms with Crippen LogP contribution in [0.15, 0.2) is 84.3 Å². The molecular formula is C21H18N4OS. The highest BCUT2D eigenvalue weighted by Crippen LogP contribution is 2.27. The number of nitrogens with zero attached hydrogens (tertiary/aromatic N) is 3. The molecule has 1 amide bonds. The maximum atomic E-state index is 12.7. The molecule has 1 aromatic heterocycles. The van der Waals surface area contributed by atoms with Crippen LogP contribution in [0.3, 0.4) is 0 Å². The Bertz CT molecular complexity index is 1070. The van der Waals surface area contributed by atoms with Crippen LogP contribution in [0.5, 0.6) is 0 Å². The van der Waals surface area contributed by atoms with Crippen molar-refractivity contribution in [2.45, 2.75) is 17.3 Å². The minimum absolute atomic E-state index is 0.0704. The molecule has 1 unspecified atom stereocenters. The highest BCUT2D eigenvalue weighted by Gasteiger charge is 2.19. The van der Waals surface area contributed by atoms with E-state index >= 15 is 0 Å². The molecule has 1 heterocycles. The van der Waals surface area contributed by atoms with Gasteiger partial charge in [-0.1, -0.05) is 66.4 Å². The molecule has 4 aromatic rings. The molecular weight excluding hydrogens is 356 g/mol. The number of rotatable bonds is 5. The minimum Gasteiger partial charge on any atom is -0.325 e. The topological polar surface area (TPSA) is 59.8 Å². The molecule has 0 saturated carbocycles. The molecule has 27 heavy (non-hydrogen) atoms. The molecule has 0 saturated heterocycles. The van der Waals surface area contributed by atoms with Gasteiger partial charge in [0.15, 0.2) is 5.16 Å². The summed E-state index contributed by atoms with van der Waals surface area (Å²) in [6.07, 6.45) is 1.66. The lowest BCUT2D eigenvalue weighted by atomic mass is 10.1. The second kappa shape index (κ2) is 7.63. The average Bonchev–Trinajstić information content (AvgIpc) is 3.17. The van der Waals surface area contributed by atoms with Gasteiger partial charge >= 0.3 is 0 Å². The Morgan fingerprint density at radius 1 is 1.00 bits per heavy atom. The third kappa shape index (κ3) is 3.71. The average molecular weight is 374 g/mol. The number of benzene rings is 3. The monoisotopic (exact) mass is 374 g/mol. The van der Waals surface area contributed by atoms with E-state index in [2.05, 4.69) is 15.5 Å². The van der Waals surface area contributed by atoms with E-state index in [1.807, 2.05) is 84.3 Å². The lowest BCUT2D eigenvalue weighted by Gasteiger charge is -2.14. The standard InChI is InChI=1S/C21H18N4OS/c1-15(27-21-24-22-14-25(21)17-10-3-2-4-11-17)20(26)23-19-13-7-9-16-8-5-6-12-18(16)19/h2-15H,1H3,(H,23,26). The zero-order valence-electron chi connectivity index (χ0n) is 14.7. The second-order valence-corrected chi connectivity index (χ2v) is 7.40. The van der Waals surface area contributed by atoms with Crippen LogP contribution in [0.4, 0.5) is 5.69 Å². The number of thioether (sulfide) groups is 1. The van der Waals surface area contributed by atoms with Crippen molar-refractivity contribution in [2.75, 3.05) is 5.32 Å². The van der Waals surface area contributed by atoms with E-state index in [1.54, 1.807) is 6.33 Å². The number of fused-ring (bicyclic) bond motifs is 1. The van der Waals surface area contributed by atoms with Gasteiger partial charge in [0.1, 0.15) is 6.33 Å². The summed E-state index contributed by atoms with van der Waals surface area (Å²) in [5.41, 5.74) is 1.78. The number of hydrogen-bond donors (Lipinski definition) is 1. The van der Waals surface area contributed by atoms with Crippen molar-refractivity contribution >= 4 is 34.1 Å². The van der Waals surface area contributed by atoms with Gasteiger partial charge in [-0.05, 0) is 30.5 Å². The molecule has 3 aromatic carbocycles. The van der Waals surface area contributed by atoms with E-state index in [-0.39, 0.29) is 11.2 Å². The first-order chi connectivity index (χ1) is 13.2. The largest absolute Gasteiger partial charge is 0.325 e. The molecule has 0 aliphatic rings. The van der Waals surface area contributed by atoms with E-state index in [9.17, 15) is 4.79 Å². The fourth-order valence-electron chi connectivity index (χ4n) is 2.85. The van der Waals surface area contributed by atoms with Crippen LogP contribution in [0.2, 0.25) is 0 Å². The van der Waals surface area contributed by atoms with Crippen LogP contribution in [0.25, 0.3) is 16.5 Å². The van der Waals surface area contributed by atoms with Gasteiger partial charge in [0.05, 0.1) is 5.25 Å². The van der Waals surface area contributed by atoms with Gasteiger partial charge in [-0.2, -0.15) is 0 Å². The SMILES string of the molecule is CC(Sc1nncn1-c1ccccc1)C(=O)Nc1cccc2ccccc12. The van der Waals surface area contributed by atoms with Gasteiger partial charge in [-0.3, -0.25) is 9.36 Å². The summed E-state index contributed by atoms with van der Waals surface area (Å²) in [7, 11) is 0. The van der Waals surface area contributed by atoms with Gasteiger partial charge in [0.2, 0.25) is 5.91 Å². The number of carbonyl (C=O) groups excluding carboxylic acids is 1. The molecule has 0 radical (unpaired) electrons. The molecule has 0 fully saturated rings. The number of para-hydroxylation sites is 1. The van der Waals surface area contributed by atoms with E-state index in [4.69, 9.17) is 0 Å². The molecule has 6 heteroatoms. The summed E-state index contributed by atoms with van der Waals surface area (Å²) in [5, 5.41) is 13.7. The van der Waals surface area contributed by atoms with E-state index in [0.29, 0.717) is 5.16 Å². The zero-order valence-corrected chi connectivity index (χ0v) is 15.6. The maximum Gasteiger partial charge on any atom is 0.237 e. The third-order valence-electron chi connectivity index (χ3n) is 4.25. The quantitative estimate of drug-likeness (QED) is 0.521. The van der Waals surface area contributed by atoms with Crippen LogP contribution < -0.4 is 5.32 Å². The number of nitrogens with one attached hydrogen (secondary N) is 1. The molecule has 5 nitrogen and oxygen atoms in total. The Morgan fingerprint density at radius 2 is 1.74 bits per heavy atom. The number of carbonyl (C=O) groups is 1. The first-order valence-corrected chi connectivity index (χ1v) is 9.51. The molecule has 0 bridgehead atoms. The van der Waals surface area contributed by atoms with Crippen LogP contribution in [0, 0.1) is 0 Å². The first-order valence-electron chi connectivity index (χ1n) is 8.63. The first kappa shape index (κ1) is 17.3. The summed E-state index contributed by atoms with van der Waals surface area (Å²) in [5.74, 6) is -0.0704. The maximum absolute atomic E-state index is 12.7. The van der Waals surface area contributed by atoms with Crippen molar-refractivity contribution in [3.63, 3.8) is 0 Å². The fourth-order valence-corrected chi connectivity index (χ4v) is 3.69. The van der Waals surface area contributed by atoms with Crippen LogP contribution in [-0.2, 0) is 4.79 Å². The van der Waals surface area contributed by atoms with Crippen molar-refractivity contribution in [3.05, 3.63) is 79.1 Å². The van der Waals surface area contributed by atoms with Gasteiger partial charge in [-0.25, -0.2) is 0 Å². The predicted molar refractivity (Wildman–Crippen MR) is 109 cm³/mol. The lowest BCUT2D eigenvalue weighted by molar-refractivity contribution is -0.115. The van der Waals surface area contributed by atoms with Gasteiger partial charge in [-0.15, -0.1) is 10.2 Å². The smallest absolute Gasteiger partial charge is 0.237 e. The molecule has 134 valence electrons. The van der Waals surface area contributed by atoms with Crippen molar-refractivity contribution < 1.29 is 4.79 Å². The molecule has 0 spiro atoms. The Hall–Kier alpha value is -3.12. The van der Waals surface area contributed by atoms with Crippen LogP contribution in [-0.4, -0.2) is 25.9 Å². The molecule has 0 aliphatic carbocycles. The summed E-state index contributed by atoms with van der Waals surface area (Å²) in [6, 6.07) is 23.7. The van der Waals surface area contributed by atoms with E-state index in [1.165, 1.54) is 11.8 Å². The Morgan fingerprint density at radius 3 is 2.59 bits per heavy atom. The number of aromatic nitrogens is 3. The van der Waals surface area contributed by atoms with Gasteiger partial charge in [0.25, 0.3) is 0 Å². The highest BCUT2D eigenvalue weighted by atomic mass is 32.2. The van der Waals surface area contributed by atoms with Crippen molar-refractivity contribution in [1.29, 1.82) is 0 Å². The number of anilines is 1. The minimum atomic E-state index is -0.323. The molecule has 1 N–H and O–H groups in total. The van der Waals surface area contributed by atoms with Crippen LogP contribution >= 0.6 is 11.8 Å². The Kier molecular flexibility index (Phi) is 4.89. The zero-order chi connectivity index (χ0) is 18.6. The van der Waals surface area contributed by atoms with Crippen molar-refractivity contribution in [3.8, 4) is 5.69 Å². The fraction of sp³-hybridized carbons (Fsp3) is 0.0952. The van der Waals surface area contributed by atoms with Gasteiger partial charge < -0.3 is 5.32 Å². The van der Waals surface area contributed by atoms with Crippen molar-refractivity contribution in [1.82, 2.24) is 14.8 Å². The van der Waals surface area contributed by atoms with Gasteiger partial charge in [0, 0.05) is 16.8 Å². The van der Waals surface area contributed by atoms with E-state index < -0.39 is 0 Å². The predicted octanol–water partition coefficient (Wildman–Crippen LogP) is 4.54. The Labute approximate surface area is 161 Å². The second-order valence-electron chi connectivity index (χ2n) is 6.10. The van der Waals surface area contributed by atoms with E-state index in [0.717, 1.165) is 22.1 Å². The lowest BCUT2D eigenvalue weighted by Crippen LogP contribution is -2.23. The summed E-state index contributed by atoms with van der Waals surface area (Å²) in [4.78, 5) is 12.7. The normalized spacial score (nSPS) is 12.0. The summed E-state index contributed by atoms with van der Waals surface area (Å²) >= 11 is 1.38. The number of amides is 1. The third-order valence-corrected chi connectivity index (χ3v) is 5.31. The number of hydrogen-bond acceptors (Lipinski definition) is 4. The summed E-state index contributed by atoms with van der Waals surface area (Å²) < 4.78 is 1.88. The highest BCUT2D eigenvalue weighted by molar-refractivity contribution is 8.00. The van der Waals surface area contributed by atoms with Crippen LogP contribution in [0.1, 0.15) is 6.92 Å². The molecule has 0 aliphatic heterocycles. The van der Waals surface area contributed by atoms with Crippen molar-refractivity contribution in [2.24, 2.45) is 0 Å².